The molecule has 5 aliphatic rings. The maximum absolute atomic E-state index is 14.7. The van der Waals surface area contributed by atoms with Crippen LogP contribution in [0.3, 0.4) is 0 Å². The van der Waals surface area contributed by atoms with Gasteiger partial charge < -0.3 is 96.7 Å². The van der Waals surface area contributed by atoms with E-state index in [9.17, 15) is 81.5 Å². The standard InChI is InChI=1S/C90H93N15O26/c1-10-43(91)27-28-94-87(122)128-46-19-22-61-52(31-46)49(13-4)76-74(101-61)65-33-57-54(80(115)105(65)76)39-124-83(118)89(57,15-6)130-70(110)36-95-67(107)25-23-62(78(113)97-37-71(111)131-90(16-7)58-34-66-73-75(104(66)81(116)55(58)40-125-84(90)119)48(12-3)51-30-45(127-86(93)121)18-21-60(51)100-73)102-79(114)63(98-42(9)106)24-26-68(108)96-35-69(109)129-88(14-5)56-32-64(103-77(112)53(56)38-123-82(88)117)72-41(8)47(11-2)50-29-44(126-85(92)120)17-20-59(50)99-72/h17-22,29-34,43,62-63H,10-16,23-28,35-40,91H2,1-9H3,(H2,92,120)(H2,93,121)(H,94,122)(H,95,107)(H,96,108)(H,97,113)(H,98,106)(H,102,114)(H,103,112)/t43?,62-,63-,88-,89-,90-/m0/s1. The summed E-state index contributed by atoms with van der Waals surface area (Å²) in [5, 5.41) is 16.3. The lowest BCUT2D eigenvalue weighted by Gasteiger charge is -2.38. The van der Waals surface area contributed by atoms with Gasteiger partial charge in [-0.25, -0.2) is 43.7 Å². The van der Waals surface area contributed by atoms with Crippen molar-refractivity contribution >= 4 is 116 Å². The van der Waals surface area contributed by atoms with Gasteiger partial charge in [0.25, 0.3) is 16.7 Å². The molecule has 41 nitrogen and oxygen atoms in total. The fourth-order valence-electron chi connectivity index (χ4n) is 17.3. The van der Waals surface area contributed by atoms with Crippen LogP contribution in [0.2, 0.25) is 0 Å². The first-order valence-electron chi connectivity index (χ1n) is 42.5. The Morgan fingerprint density at radius 2 is 0.893 bits per heavy atom. The molecule has 0 bridgehead atoms. The van der Waals surface area contributed by atoms with E-state index in [1.165, 1.54) is 60.2 Å². The van der Waals surface area contributed by atoms with E-state index in [-0.39, 0.29) is 105 Å². The number of pyridine rings is 6. The summed E-state index contributed by atoms with van der Waals surface area (Å²) < 4.78 is 52.9. The molecule has 6 atom stereocenters. The van der Waals surface area contributed by atoms with Crippen LogP contribution in [0.25, 0.3) is 78.2 Å². The van der Waals surface area contributed by atoms with E-state index < -0.39 is 194 Å². The summed E-state index contributed by atoms with van der Waals surface area (Å²) in [4.78, 5) is 251. The Kier molecular flexibility index (Phi) is 26.1. The first kappa shape index (κ1) is 91.9. The number of ether oxygens (including phenoxy) is 9. The zero-order valence-corrected chi connectivity index (χ0v) is 72.7. The van der Waals surface area contributed by atoms with E-state index in [1.54, 1.807) is 49.4 Å². The highest BCUT2D eigenvalue weighted by Gasteiger charge is 2.54. The van der Waals surface area contributed by atoms with E-state index in [0.717, 1.165) is 18.9 Å². The highest BCUT2D eigenvalue weighted by atomic mass is 16.6. The predicted octanol–water partition coefficient (Wildman–Crippen LogP) is 4.99. The summed E-state index contributed by atoms with van der Waals surface area (Å²) in [6, 6.07) is 14.9. The molecule has 6 aromatic heterocycles. The molecule has 0 saturated carbocycles. The molecular weight excluding hydrogens is 1710 g/mol. The van der Waals surface area contributed by atoms with Gasteiger partial charge in [-0.05, 0) is 166 Å². The Morgan fingerprint density at radius 1 is 0.489 bits per heavy atom. The number of aromatic nitrogens is 6. The molecule has 9 aromatic rings. The average molecular weight is 1800 g/mol. The number of esters is 6. The van der Waals surface area contributed by atoms with Crippen molar-refractivity contribution < 1.29 is 110 Å². The minimum atomic E-state index is -2.32. The molecule has 0 spiro atoms. The number of aryl methyl sites for hydroxylation is 3. The Bertz CT molecular complexity index is 6600. The molecule has 1 unspecified atom stereocenters. The monoisotopic (exact) mass is 1800 g/mol. The van der Waals surface area contributed by atoms with Gasteiger partial charge in [0.05, 0.1) is 67.4 Å². The zero-order chi connectivity index (χ0) is 94.1. The Hall–Kier alpha value is -15.3. The lowest BCUT2D eigenvalue weighted by molar-refractivity contribution is -0.189. The number of hydrogen-bond acceptors (Lipinski definition) is 30. The van der Waals surface area contributed by atoms with E-state index in [2.05, 4.69) is 36.9 Å². The van der Waals surface area contributed by atoms with Crippen LogP contribution in [0, 0.1) is 6.92 Å². The van der Waals surface area contributed by atoms with Crippen LogP contribution in [0.1, 0.15) is 169 Å². The van der Waals surface area contributed by atoms with Crippen LogP contribution < -0.4 is 80.0 Å². The Balaban J connectivity index is 0.674. The number of H-pyrrole nitrogens is 1. The maximum Gasteiger partial charge on any atom is 0.412 e. The van der Waals surface area contributed by atoms with Crippen LogP contribution in [0.5, 0.6) is 17.2 Å². The topological polar surface area (TPSA) is 588 Å². The third-order valence-corrected chi connectivity index (χ3v) is 24.0. The van der Waals surface area contributed by atoms with Gasteiger partial charge in [0.2, 0.25) is 46.3 Å². The molecule has 684 valence electrons. The number of nitrogens with zero attached hydrogens (tertiary/aromatic N) is 5. The Morgan fingerprint density at radius 3 is 1.31 bits per heavy atom. The van der Waals surface area contributed by atoms with E-state index in [4.69, 9.17) is 74.8 Å². The van der Waals surface area contributed by atoms with Crippen molar-refractivity contribution in [3.63, 3.8) is 0 Å². The number of rotatable bonds is 33. The van der Waals surface area contributed by atoms with Gasteiger partial charge in [-0.1, -0.05) is 48.5 Å². The number of carbonyl (C=O) groups is 14. The quantitative estimate of drug-likeness (QED) is 0.0191. The summed E-state index contributed by atoms with van der Waals surface area (Å²) in [6.45, 7) is 10.5. The first-order valence-corrected chi connectivity index (χ1v) is 42.5. The summed E-state index contributed by atoms with van der Waals surface area (Å²) in [5.41, 5.74) is 14.0. The second-order valence-corrected chi connectivity index (χ2v) is 31.7. The van der Waals surface area contributed by atoms with Crippen molar-refractivity contribution in [1.29, 1.82) is 0 Å². The smallest absolute Gasteiger partial charge is 0.412 e. The number of cyclic esters (lactones) is 3. The van der Waals surface area contributed by atoms with Crippen molar-refractivity contribution in [2.45, 2.75) is 194 Å². The van der Waals surface area contributed by atoms with Crippen LogP contribution in [0.15, 0.2) is 87.2 Å². The third-order valence-electron chi connectivity index (χ3n) is 24.0. The minimum absolute atomic E-state index is 0.00987. The first-order chi connectivity index (χ1) is 62.6. The van der Waals surface area contributed by atoms with Gasteiger partial charge >= 0.3 is 54.1 Å². The minimum Gasteiger partial charge on any atom is -0.457 e. The molecule has 14 rings (SSSR count). The number of primary amides is 2. The zero-order valence-electron chi connectivity index (χ0n) is 72.7. The molecule has 11 heterocycles. The molecular formula is C90H93N15O26. The summed E-state index contributed by atoms with van der Waals surface area (Å²) >= 11 is 0. The molecule has 8 amide bonds. The molecule has 0 radical (unpaired) electrons. The molecule has 5 aliphatic heterocycles. The molecule has 0 aliphatic carbocycles. The van der Waals surface area contributed by atoms with E-state index in [1.807, 2.05) is 27.7 Å². The second kappa shape index (κ2) is 37.2. The molecule has 0 fully saturated rings. The SMILES string of the molecule is CCc1c(C)c(-c2cc3c(c(=O)[nH]2)COC(=O)[C@@]3(CC)OC(=O)CNC(=O)CC[C@H](NC(C)=O)C(=O)N[C@@H](CCC(=O)NCC(=O)O[C@]2(CC)C(=O)OCc3c2cc2n(c3=O)-c3c-2nc2ccc(OC(=O)NCCC(N)CC)cc2c3CC)C(=O)NCC(=O)O[C@]2(CC)C(=O)OCc3c2cc2n(c3=O)-c3c-2nc2ccc(OC(N)=O)cc2c3CC)nc2ccc(OC(N)=O)cc12. The van der Waals surface area contributed by atoms with Crippen LogP contribution in [0.4, 0.5) is 14.4 Å². The predicted molar refractivity (Wildman–Crippen MR) is 461 cm³/mol. The van der Waals surface area contributed by atoms with Gasteiger partial charge in [-0.2, -0.15) is 0 Å². The number of nitrogens with one attached hydrogen (secondary N) is 7. The number of nitrogens with two attached hydrogens (primary N) is 3. The summed E-state index contributed by atoms with van der Waals surface area (Å²) in [5.74, 6) is -11.5. The van der Waals surface area contributed by atoms with Gasteiger partial charge in [0.1, 0.15) is 80.2 Å². The lowest BCUT2D eigenvalue weighted by Crippen LogP contribution is -2.55. The van der Waals surface area contributed by atoms with Gasteiger partial charge in [-0.3, -0.25) is 61.9 Å². The Labute approximate surface area is 743 Å². The number of benzene rings is 3. The highest BCUT2D eigenvalue weighted by molar-refractivity contribution is 6.00. The van der Waals surface area contributed by atoms with Gasteiger partial charge in [0, 0.05) is 65.2 Å². The third kappa shape index (κ3) is 17.4. The van der Waals surface area contributed by atoms with Crippen molar-refractivity contribution in [3.8, 4) is 62.8 Å². The maximum atomic E-state index is 14.7. The van der Waals surface area contributed by atoms with Crippen LogP contribution in [-0.2, 0) is 137 Å². The molecule has 0 saturated heterocycles. The molecule has 41 heteroatoms. The lowest BCUT2D eigenvalue weighted by atomic mass is 9.83. The van der Waals surface area contributed by atoms with Crippen LogP contribution in [-0.4, -0.2) is 157 Å². The second-order valence-electron chi connectivity index (χ2n) is 31.7. The molecule has 13 N–H and O–H groups in total. The average Bonchev–Trinajstić information content (AvgIpc) is 0.690. The number of fused-ring (bicyclic) bond motifs is 14. The van der Waals surface area contributed by atoms with Crippen LogP contribution >= 0.6 is 0 Å². The van der Waals surface area contributed by atoms with Crippen molar-refractivity contribution in [3.05, 3.63) is 159 Å². The van der Waals surface area contributed by atoms with E-state index >= 15 is 0 Å². The van der Waals surface area contributed by atoms with Gasteiger partial charge in [0.15, 0.2) is 0 Å². The fourth-order valence-corrected chi connectivity index (χ4v) is 17.3. The normalized spacial score (nSPS) is 17.0. The molecule has 131 heavy (non-hydrogen) atoms. The van der Waals surface area contributed by atoms with Gasteiger partial charge in [-0.15, -0.1) is 0 Å². The number of hydrogen-bond donors (Lipinski definition) is 10. The number of amides is 8. The fraction of sp³-hybridized carbons (Fsp3) is 0.378. The highest BCUT2D eigenvalue weighted by Crippen LogP contribution is 2.49. The van der Waals surface area contributed by atoms with E-state index in [0.29, 0.717) is 97.8 Å². The summed E-state index contributed by atoms with van der Waals surface area (Å²) in [7, 11) is 0. The van der Waals surface area contributed by atoms with Crippen molar-refractivity contribution in [1.82, 2.24) is 61.0 Å². The largest absolute Gasteiger partial charge is 0.457 e. The number of aromatic amines is 1. The summed E-state index contributed by atoms with van der Waals surface area (Å²) in [6.07, 6.45) is -3.83. The molecule has 3 aromatic carbocycles. The van der Waals surface area contributed by atoms with Crippen molar-refractivity contribution in [2.75, 3.05) is 26.2 Å². The number of carbonyl (C=O) groups excluding carboxylic acids is 14. The van der Waals surface area contributed by atoms with Crippen molar-refractivity contribution in [2.24, 2.45) is 17.2 Å².